The summed E-state index contributed by atoms with van der Waals surface area (Å²) in [6.07, 6.45) is 3.30. The first kappa shape index (κ1) is 14.6. The second-order valence-electron chi connectivity index (χ2n) is 5.07. The second kappa shape index (κ2) is 5.81. The molecule has 0 unspecified atom stereocenters. The Morgan fingerprint density at radius 3 is 2.77 bits per heavy atom. The Balaban J connectivity index is 2.04. The number of ether oxygens (including phenoxy) is 1. The van der Waals surface area contributed by atoms with Crippen LogP contribution in [0.15, 0.2) is 30.9 Å². The van der Waals surface area contributed by atoms with Crippen LogP contribution in [0, 0.1) is 0 Å². The molecule has 0 aliphatic heterocycles. The Hall–Kier alpha value is -2.34. The molecule has 0 aliphatic rings. The summed E-state index contributed by atoms with van der Waals surface area (Å²) >= 11 is 6.36. The van der Waals surface area contributed by atoms with E-state index in [1.54, 1.807) is 19.8 Å². The van der Waals surface area contributed by atoms with Gasteiger partial charge in [0.05, 0.1) is 25.0 Å². The van der Waals surface area contributed by atoms with Gasteiger partial charge in [-0.3, -0.25) is 0 Å². The molecule has 114 valence electrons. The maximum absolute atomic E-state index is 6.36. The molecule has 0 aliphatic carbocycles. The molecule has 3 rings (SSSR count). The van der Waals surface area contributed by atoms with Gasteiger partial charge in [-0.05, 0) is 11.6 Å². The summed E-state index contributed by atoms with van der Waals surface area (Å²) in [5, 5.41) is 0.605. The van der Waals surface area contributed by atoms with E-state index in [0.717, 1.165) is 22.5 Å². The molecule has 0 bridgehead atoms. The molecule has 0 saturated carbocycles. The van der Waals surface area contributed by atoms with Crippen LogP contribution in [0.25, 0.3) is 11.2 Å². The van der Waals surface area contributed by atoms with Crippen molar-refractivity contribution in [3.63, 3.8) is 0 Å². The third-order valence-corrected chi connectivity index (χ3v) is 3.84. The van der Waals surface area contributed by atoms with Gasteiger partial charge in [0.1, 0.15) is 12.1 Å². The highest BCUT2D eigenvalue weighted by molar-refractivity contribution is 6.32. The first-order valence-corrected chi connectivity index (χ1v) is 7.14. The Labute approximate surface area is 133 Å². The zero-order valence-corrected chi connectivity index (χ0v) is 13.4. The van der Waals surface area contributed by atoms with Crippen LogP contribution >= 0.6 is 11.6 Å². The lowest BCUT2D eigenvalue weighted by molar-refractivity contribution is 0.414. The summed E-state index contributed by atoms with van der Waals surface area (Å²) in [5.74, 6) is 1.45. The molecule has 0 fully saturated rings. The monoisotopic (exact) mass is 317 g/mol. The number of imidazole rings is 1. The molecule has 0 radical (unpaired) electrons. The van der Waals surface area contributed by atoms with Crippen LogP contribution < -0.4 is 9.64 Å². The minimum atomic E-state index is 0.566. The number of methoxy groups -OCH3 is 1. The average Bonchev–Trinajstić information content (AvgIpc) is 2.92. The van der Waals surface area contributed by atoms with Gasteiger partial charge in [-0.15, -0.1) is 0 Å². The van der Waals surface area contributed by atoms with Crippen molar-refractivity contribution in [1.82, 2.24) is 19.5 Å². The number of nitrogens with zero attached hydrogens (tertiary/aromatic N) is 5. The van der Waals surface area contributed by atoms with Crippen LogP contribution in [-0.2, 0) is 6.54 Å². The molecule has 6 nitrogen and oxygen atoms in total. The summed E-state index contributed by atoms with van der Waals surface area (Å²) in [6.45, 7) is 0.566. The quantitative estimate of drug-likeness (QED) is 0.740. The van der Waals surface area contributed by atoms with Crippen molar-refractivity contribution in [2.24, 2.45) is 0 Å². The van der Waals surface area contributed by atoms with Crippen molar-refractivity contribution in [3.8, 4) is 5.75 Å². The maximum atomic E-state index is 6.36. The zero-order chi connectivity index (χ0) is 15.7. The molecule has 0 amide bonds. The Kier molecular flexibility index (Phi) is 3.85. The van der Waals surface area contributed by atoms with Gasteiger partial charge in [-0.25, -0.2) is 15.0 Å². The zero-order valence-electron chi connectivity index (χ0n) is 12.6. The van der Waals surface area contributed by atoms with Gasteiger partial charge in [-0.1, -0.05) is 23.7 Å². The van der Waals surface area contributed by atoms with Gasteiger partial charge in [0, 0.05) is 14.1 Å². The van der Waals surface area contributed by atoms with Crippen LogP contribution in [0.4, 0.5) is 5.82 Å². The molecular weight excluding hydrogens is 302 g/mol. The topological polar surface area (TPSA) is 56.1 Å². The molecule has 0 atom stereocenters. The van der Waals surface area contributed by atoms with Gasteiger partial charge in [0.2, 0.25) is 0 Å². The van der Waals surface area contributed by atoms with Crippen LogP contribution in [0.5, 0.6) is 5.75 Å². The van der Waals surface area contributed by atoms with E-state index in [1.807, 2.05) is 41.8 Å². The van der Waals surface area contributed by atoms with Crippen LogP contribution in [0.2, 0.25) is 5.02 Å². The van der Waals surface area contributed by atoms with E-state index < -0.39 is 0 Å². The molecule has 0 N–H and O–H groups in total. The summed E-state index contributed by atoms with van der Waals surface area (Å²) in [7, 11) is 5.47. The Morgan fingerprint density at radius 1 is 1.23 bits per heavy atom. The largest absolute Gasteiger partial charge is 0.495 e. The van der Waals surface area contributed by atoms with Crippen molar-refractivity contribution in [1.29, 1.82) is 0 Å². The fourth-order valence-electron chi connectivity index (χ4n) is 2.33. The van der Waals surface area contributed by atoms with E-state index in [2.05, 4.69) is 15.0 Å². The molecule has 0 saturated heterocycles. The second-order valence-corrected chi connectivity index (χ2v) is 5.45. The SMILES string of the molecule is COc1cccc(Cn2cnc3c(N(C)C)ncnc32)c1Cl. The first-order chi connectivity index (χ1) is 10.6. The average molecular weight is 318 g/mol. The fraction of sp³-hybridized carbons (Fsp3) is 0.267. The van der Waals surface area contributed by atoms with E-state index in [4.69, 9.17) is 16.3 Å². The van der Waals surface area contributed by atoms with E-state index in [0.29, 0.717) is 17.3 Å². The van der Waals surface area contributed by atoms with Gasteiger partial charge < -0.3 is 14.2 Å². The summed E-state index contributed by atoms with van der Waals surface area (Å²) < 4.78 is 7.20. The number of rotatable bonds is 4. The molecule has 7 heteroatoms. The maximum Gasteiger partial charge on any atom is 0.165 e. The van der Waals surface area contributed by atoms with Crippen LogP contribution in [-0.4, -0.2) is 40.7 Å². The molecule has 3 aromatic rings. The standard InChI is InChI=1S/C15H16ClN5O/c1-20(2)14-13-15(18-8-17-14)21(9-19-13)7-10-5-4-6-11(22-3)12(10)16/h4-6,8-9H,7H2,1-3H3. The highest BCUT2D eigenvalue weighted by Crippen LogP contribution is 2.29. The van der Waals surface area contributed by atoms with E-state index in [9.17, 15) is 0 Å². The molecule has 2 aromatic heterocycles. The van der Waals surface area contributed by atoms with Crippen LogP contribution in [0.3, 0.4) is 0 Å². The van der Waals surface area contributed by atoms with Crippen molar-refractivity contribution in [2.45, 2.75) is 6.54 Å². The third-order valence-electron chi connectivity index (χ3n) is 3.41. The number of anilines is 1. The first-order valence-electron chi connectivity index (χ1n) is 6.76. The van der Waals surface area contributed by atoms with Crippen molar-refractivity contribution in [3.05, 3.63) is 41.4 Å². The van der Waals surface area contributed by atoms with Crippen molar-refractivity contribution >= 4 is 28.6 Å². The number of halogens is 1. The highest BCUT2D eigenvalue weighted by atomic mass is 35.5. The molecule has 0 spiro atoms. The minimum absolute atomic E-state index is 0.566. The number of fused-ring (bicyclic) bond motifs is 1. The lowest BCUT2D eigenvalue weighted by Crippen LogP contribution is -2.11. The Morgan fingerprint density at radius 2 is 2.05 bits per heavy atom. The van der Waals surface area contributed by atoms with Crippen molar-refractivity contribution < 1.29 is 4.74 Å². The Bertz CT molecular complexity index is 815. The smallest absolute Gasteiger partial charge is 0.165 e. The van der Waals surface area contributed by atoms with Gasteiger partial charge in [-0.2, -0.15) is 0 Å². The summed E-state index contributed by atoms with van der Waals surface area (Å²) in [5.41, 5.74) is 2.49. The van der Waals surface area contributed by atoms with Crippen LogP contribution in [0.1, 0.15) is 5.56 Å². The minimum Gasteiger partial charge on any atom is -0.495 e. The van der Waals surface area contributed by atoms with E-state index in [-0.39, 0.29) is 0 Å². The number of benzene rings is 1. The van der Waals surface area contributed by atoms with Gasteiger partial charge in [0.25, 0.3) is 0 Å². The number of hydrogen-bond acceptors (Lipinski definition) is 5. The van der Waals surface area contributed by atoms with E-state index >= 15 is 0 Å². The predicted octanol–water partition coefficient (Wildman–Crippen LogP) is 2.60. The van der Waals surface area contributed by atoms with E-state index in [1.165, 1.54) is 0 Å². The molecular formula is C15H16ClN5O. The number of hydrogen-bond donors (Lipinski definition) is 0. The molecule has 1 aromatic carbocycles. The van der Waals surface area contributed by atoms with Crippen molar-refractivity contribution in [2.75, 3.05) is 26.1 Å². The molecule has 2 heterocycles. The molecule has 22 heavy (non-hydrogen) atoms. The van der Waals surface area contributed by atoms with Gasteiger partial charge in [0.15, 0.2) is 17.0 Å². The normalized spacial score (nSPS) is 10.9. The highest BCUT2D eigenvalue weighted by Gasteiger charge is 2.13. The summed E-state index contributed by atoms with van der Waals surface area (Å²) in [4.78, 5) is 15.0. The van der Waals surface area contributed by atoms with Gasteiger partial charge >= 0.3 is 0 Å². The summed E-state index contributed by atoms with van der Waals surface area (Å²) in [6, 6.07) is 5.72. The predicted molar refractivity (Wildman–Crippen MR) is 86.8 cm³/mol. The lowest BCUT2D eigenvalue weighted by atomic mass is 10.2. The number of aromatic nitrogens is 4. The fourth-order valence-corrected chi connectivity index (χ4v) is 2.59. The lowest BCUT2D eigenvalue weighted by Gasteiger charge is -2.12. The third kappa shape index (κ3) is 2.46.